The van der Waals surface area contributed by atoms with Crippen LogP contribution in [0.25, 0.3) is 11.0 Å². The van der Waals surface area contributed by atoms with E-state index in [1.165, 1.54) is 0 Å². The quantitative estimate of drug-likeness (QED) is 0.725. The Balaban J connectivity index is 2.59. The van der Waals surface area contributed by atoms with Crippen molar-refractivity contribution in [2.75, 3.05) is 7.11 Å². The standard InChI is InChI=1S/C17H25ClN2O/c1-11(2)17(4,5)10-20-15-9-13(21-6)7-8-14(15)19-16(20)12(3)18/h7-9,11-12H,10H2,1-6H3. The van der Waals surface area contributed by atoms with Gasteiger partial charge in [-0.25, -0.2) is 4.98 Å². The molecule has 0 aliphatic heterocycles. The van der Waals surface area contributed by atoms with Crippen LogP contribution in [0, 0.1) is 11.3 Å². The second-order valence-electron chi connectivity index (χ2n) is 6.67. The molecule has 0 saturated heterocycles. The number of rotatable bonds is 5. The number of alkyl halides is 1. The lowest BCUT2D eigenvalue weighted by molar-refractivity contribution is 0.210. The molecule has 3 nitrogen and oxygen atoms in total. The molecule has 0 aliphatic carbocycles. The molecular weight excluding hydrogens is 284 g/mol. The zero-order valence-corrected chi connectivity index (χ0v) is 14.5. The van der Waals surface area contributed by atoms with Gasteiger partial charge < -0.3 is 9.30 Å². The predicted molar refractivity (Wildman–Crippen MR) is 89.2 cm³/mol. The van der Waals surface area contributed by atoms with Gasteiger partial charge in [0.2, 0.25) is 0 Å². The minimum atomic E-state index is -0.119. The Kier molecular flexibility index (Phi) is 4.52. The van der Waals surface area contributed by atoms with E-state index >= 15 is 0 Å². The van der Waals surface area contributed by atoms with Gasteiger partial charge in [-0.1, -0.05) is 27.7 Å². The first-order chi connectivity index (χ1) is 9.76. The van der Waals surface area contributed by atoms with Crippen molar-refractivity contribution in [3.05, 3.63) is 24.0 Å². The Hall–Kier alpha value is -1.22. The van der Waals surface area contributed by atoms with Gasteiger partial charge in [0.05, 0.1) is 23.5 Å². The Labute approximate surface area is 132 Å². The summed E-state index contributed by atoms with van der Waals surface area (Å²) in [7, 11) is 1.69. The fourth-order valence-corrected chi connectivity index (χ4v) is 2.47. The van der Waals surface area contributed by atoms with Crippen LogP contribution >= 0.6 is 11.6 Å². The molecule has 1 aromatic carbocycles. The van der Waals surface area contributed by atoms with E-state index in [0.29, 0.717) is 5.92 Å². The van der Waals surface area contributed by atoms with Crippen LogP contribution in [0.4, 0.5) is 0 Å². The number of imidazole rings is 1. The fourth-order valence-electron chi connectivity index (χ4n) is 2.31. The molecule has 0 aliphatic rings. The van der Waals surface area contributed by atoms with Crippen molar-refractivity contribution in [1.29, 1.82) is 0 Å². The molecule has 0 bridgehead atoms. The third kappa shape index (κ3) is 3.18. The van der Waals surface area contributed by atoms with Crippen molar-refractivity contribution in [1.82, 2.24) is 9.55 Å². The van der Waals surface area contributed by atoms with Crippen molar-refractivity contribution >= 4 is 22.6 Å². The molecule has 0 fully saturated rings. The number of nitrogens with zero attached hydrogens (tertiary/aromatic N) is 2. The monoisotopic (exact) mass is 308 g/mol. The van der Waals surface area contributed by atoms with Crippen LogP contribution < -0.4 is 4.74 Å². The minimum absolute atomic E-state index is 0.119. The number of halogens is 1. The SMILES string of the molecule is COc1ccc2nc(C(C)Cl)n(CC(C)(C)C(C)C)c2c1. The first-order valence-electron chi connectivity index (χ1n) is 7.44. The highest BCUT2D eigenvalue weighted by Gasteiger charge is 2.26. The number of fused-ring (bicyclic) bond motifs is 1. The summed E-state index contributed by atoms with van der Waals surface area (Å²) in [6.45, 7) is 11.9. The Morgan fingerprint density at radius 1 is 1.29 bits per heavy atom. The summed E-state index contributed by atoms with van der Waals surface area (Å²) in [6, 6.07) is 5.98. The summed E-state index contributed by atoms with van der Waals surface area (Å²) in [5.74, 6) is 2.34. The lowest BCUT2D eigenvalue weighted by Gasteiger charge is -2.31. The van der Waals surface area contributed by atoms with Crippen LogP contribution in [0.3, 0.4) is 0 Å². The summed E-state index contributed by atoms with van der Waals surface area (Å²) in [5.41, 5.74) is 2.22. The Bertz CT molecular complexity index is 629. The molecule has 0 amide bonds. The average molecular weight is 309 g/mol. The van der Waals surface area contributed by atoms with Crippen molar-refractivity contribution in [2.45, 2.75) is 46.5 Å². The number of hydrogen-bond acceptors (Lipinski definition) is 2. The summed E-state index contributed by atoms with van der Waals surface area (Å²) in [6.07, 6.45) is 0. The maximum atomic E-state index is 6.35. The molecule has 0 saturated carbocycles. The second kappa shape index (κ2) is 5.88. The molecule has 0 spiro atoms. The Morgan fingerprint density at radius 3 is 2.48 bits per heavy atom. The highest BCUT2D eigenvalue weighted by atomic mass is 35.5. The topological polar surface area (TPSA) is 27.1 Å². The molecule has 21 heavy (non-hydrogen) atoms. The van der Waals surface area contributed by atoms with Crippen LogP contribution in [0.5, 0.6) is 5.75 Å². The third-order valence-corrected chi connectivity index (χ3v) is 4.66. The van der Waals surface area contributed by atoms with Crippen molar-refractivity contribution < 1.29 is 4.74 Å². The Morgan fingerprint density at radius 2 is 1.95 bits per heavy atom. The predicted octanol–water partition coefficient (Wildman–Crippen LogP) is 5.03. The van der Waals surface area contributed by atoms with Crippen molar-refractivity contribution in [3.63, 3.8) is 0 Å². The van der Waals surface area contributed by atoms with Crippen LogP contribution in [0.1, 0.15) is 45.8 Å². The maximum Gasteiger partial charge on any atom is 0.127 e. The zero-order valence-electron chi connectivity index (χ0n) is 13.8. The average Bonchev–Trinajstić information content (AvgIpc) is 2.76. The van der Waals surface area contributed by atoms with E-state index in [1.807, 2.05) is 25.1 Å². The van der Waals surface area contributed by atoms with E-state index in [2.05, 4.69) is 32.3 Å². The van der Waals surface area contributed by atoms with E-state index in [1.54, 1.807) is 7.11 Å². The second-order valence-corrected chi connectivity index (χ2v) is 7.32. The highest BCUT2D eigenvalue weighted by molar-refractivity contribution is 6.20. The largest absolute Gasteiger partial charge is 0.497 e. The van der Waals surface area contributed by atoms with E-state index in [-0.39, 0.29) is 10.8 Å². The number of ether oxygens (including phenoxy) is 1. The van der Waals surface area contributed by atoms with Gasteiger partial charge in [-0.15, -0.1) is 11.6 Å². The van der Waals surface area contributed by atoms with Crippen molar-refractivity contribution in [2.24, 2.45) is 11.3 Å². The van der Waals surface area contributed by atoms with Crippen LogP contribution in [0.2, 0.25) is 0 Å². The first-order valence-corrected chi connectivity index (χ1v) is 7.88. The van der Waals surface area contributed by atoms with Crippen LogP contribution in [-0.4, -0.2) is 16.7 Å². The molecule has 0 radical (unpaired) electrons. The zero-order chi connectivity index (χ0) is 15.8. The fraction of sp³-hybridized carbons (Fsp3) is 0.588. The number of aromatic nitrogens is 2. The first kappa shape index (κ1) is 16.2. The number of hydrogen-bond donors (Lipinski definition) is 0. The van der Waals surface area contributed by atoms with E-state index in [0.717, 1.165) is 29.2 Å². The van der Waals surface area contributed by atoms with Gasteiger partial charge >= 0.3 is 0 Å². The van der Waals surface area contributed by atoms with Gasteiger partial charge in [-0.05, 0) is 30.4 Å². The van der Waals surface area contributed by atoms with Gasteiger partial charge in [-0.2, -0.15) is 0 Å². The van der Waals surface area contributed by atoms with Gasteiger partial charge in [0.25, 0.3) is 0 Å². The lowest BCUT2D eigenvalue weighted by Crippen LogP contribution is -2.26. The lowest BCUT2D eigenvalue weighted by atomic mass is 9.81. The molecular formula is C17H25ClN2O. The molecule has 0 N–H and O–H groups in total. The van der Waals surface area contributed by atoms with E-state index in [4.69, 9.17) is 21.3 Å². The minimum Gasteiger partial charge on any atom is -0.497 e. The van der Waals surface area contributed by atoms with Crippen LogP contribution in [-0.2, 0) is 6.54 Å². The van der Waals surface area contributed by atoms with E-state index < -0.39 is 0 Å². The summed E-state index contributed by atoms with van der Waals surface area (Å²) < 4.78 is 7.60. The third-order valence-electron chi connectivity index (χ3n) is 4.47. The normalized spacial score (nSPS) is 13.9. The van der Waals surface area contributed by atoms with Gasteiger partial charge in [0.1, 0.15) is 11.6 Å². The molecule has 1 aromatic heterocycles. The van der Waals surface area contributed by atoms with Crippen molar-refractivity contribution in [3.8, 4) is 5.75 Å². The molecule has 1 atom stereocenters. The molecule has 1 heterocycles. The highest BCUT2D eigenvalue weighted by Crippen LogP contribution is 2.34. The van der Waals surface area contributed by atoms with Gasteiger partial charge in [-0.3, -0.25) is 0 Å². The summed E-state index contributed by atoms with van der Waals surface area (Å²) in [5, 5.41) is -0.119. The van der Waals surface area contributed by atoms with Gasteiger partial charge in [0.15, 0.2) is 0 Å². The maximum absolute atomic E-state index is 6.35. The number of methoxy groups -OCH3 is 1. The molecule has 2 rings (SSSR count). The molecule has 2 aromatic rings. The summed E-state index contributed by atoms with van der Waals surface area (Å²) in [4.78, 5) is 4.71. The van der Waals surface area contributed by atoms with Gasteiger partial charge in [0, 0.05) is 12.6 Å². The smallest absolute Gasteiger partial charge is 0.127 e. The molecule has 1 unspecified atom stereocenters. The number of benzene rings is 1. The summed E-state index contributed by atoms with van der Waals surface area (Å²) >= 11 is 6.35. The van der Waals surface area contributed by atoms with E-state index in [9.17, 15) is 0 Å². The van der Waals surface area contributed by atoms with Crippen LogP contribution in [0.15, 0.2) is 18.2 Å². The molecule has 116 valence electrons. The molecule has 4 heteroatoms.